The number of alkyl halides is 3. The van der Waals surface area contributed by atoms with Crippen LogP contribution in [0.4, 0.5) is 13.2 Å². The first-order valence-electron chi connectivity index (χ1n) is 8.20. The largest absolute Gasteiger partial charge is 0.459 e. The molecule has 7 heteroatoms. The van der Waals surface area contributed by atoms with Crippen molar-refractivity contribution < 1.29 is 17.9 Å². The summed E-state index contributed by atoms with van der Waals surface area (Å²) in [6.45, 7) is 4.25. The van der Waals surface area contributed by atoms with Gasteiger partial charge in [0.2, 0.25) is 0 Å². The summed E-state index contributed by atoms with van der Waals surface area (Å²) >= 11 is 0. The quantitative estimate of drug-likeness (QED) is 0.709. The van der Waals surface area contributed by atoms with Crippen molar-refractivity contribution in [2.24, 2.45) is 0 Å². The van der Waals surface area contributed by atoms with Crippen molar-refractivity contribution in [2.75, 3.05) is 20.6 Å². The molecule has 1 aliphatic rings. The van der Waals surface area contributed by atoms with Gasteiger partial charge in [0.05, 0.1) is 5.69 Å². The van der Waals surface area contributed by atoms with Gasteiger partial charge in [0.1, 0.15) is 6.10 Å². The number of rotatable bonds is 7. The van der Waals surface area contributed by atoms with Crippen LogP contribution in [0, 0.1) is 0 Å². The van der Waals surface area contributed by atoms with Crippen molar-refractivity contribution in [1.29, 1.82) is 0 Å². The van der Waals surface area contributed by atoms with Crippen LogP contribution < -0.4 is 4.74 Å². The SMILES string of the molecule is C=CCC[C@@H](CN(C)C)Oc1nc2c(c(C(F)(F)F)n1)CCCC2. The lowest BCUT2D eigenvalue weighted by atomic mass is 9.94. The molecule has 0 fully saturated rings. The van der Waals surface area contributed by atoms with Crippen LogP contribution in [0.25, 0.3) is 0 Å². The molecule has 0 N–H and O–H groups in total. The summed E-state index contributed by atoms with van der Waals surface area (Å²) in [5, 5.41) is 0. The average molecular weight is 343 g/mol. The van der Waals surface area contributed by atoms with Crippen LogP contribution in [-0.2, 0) is 19.0 Å². The van der Waals surface area contributed by atoms with E-state index >= 15 is 0 Å². The Kier molecular flexibility index (Phi) is 6.21. The number of allylic oxidation sites excluding steroid dienone is 1. The van der Waals surface area contributed by atoms with E-state index in [0.717, 1.165) is 19.3 Å². The minimum Gasteiger partial charge on any atom is -0.459 e. The maximum atomic E-state index is 13.3. The second-order valence-electron chi connectivity index (χ2n) is 6.35. The Morgan fingerprint density at radius 3 is 2.58 bits per heavy atom. The van der Waals surface area contributed by atoms with Crippen LogP contribution in [0.5, 0.6) is 6.01 Å². The maximum absolute atomic E-state index is 13.3. The smallest absolute Gasteiger partial charge is 0.433 e. The van der Waals surface area contributed by atoms with Gasteiger partial charge in [0, 0.05) is 12.1 Å². The highest BCUT2D eigenvalue weighted by atomic mass is 19.4. The number of ether oxygens (including phenoxy) is 1. The fourth-order valence-electron chi connectivity index (χ4n) is 2.91. The Labute approximate surface area is 140 Å². The molecule has 0 radical (unpaired) electrons. The van der Waals surface area contributed by atoms with E-state index in [1.807, 2.05) is 19.0 Å². The van der Waals surface area contributed by atoms with E-state index in [-0.39, 0.29) is 17.7 Å². The topological polar surface area (TPSA) is 38.2 Å². The summed E-state index contributed by atoms with van der Waals surface area (Å²) in [6, 6.07) is -0.168. The highest BCUT2D eigenvalue weighted by Gasteiger charge is 2.38. The third-order valence-electron chi connectivity index (χ3n) is 3.96. The van der Waals surface area contributed by atoms with Crippen LogP contribution in [0.3, 0.4) is 0 Å². The lowest BCUT2D eigenvalue weighted by Crippen LogP contribution is -2.32. The molecule has 2 rings (SSSR count). The number of nitrogens with zero attached hydrogens (tertiary/aromatic N) is 3. The van der Waals surface area contributed by atoms with Gasteiger partial charge >= 0.3 is 12.2 Å². The molecule has 1 atom stereocenters. The lowest BCUT2D eigenvalue weighted by Gasteiger charge is -2.24. The number of hydrogen-bond donors (Lipinski definition) is 0. The Hall–Kier alpha value is -1.63. The monoisotopic (exact) mass is 343 g/mol. The third kappa shape index (κ3) is 4.93. The van der Waals surface area contributed by atoms with Crippen molar-refractivity contribution in [1.82, 2.24) is 14.9 Å². The average Bonchev–Trinajstić information content (AvgIpc) is 2.50. The highest BCUT2D eigenvalue weighted by Crippen LogP contribution is 2.35. The molecule has 4 nitrogen and oxygen atoms in total. The molecule has 134 valence electrons. The molecular formula is C17H24F3N3O. The van der Waals surface area contributed by atoms with E-state index in [1.54, 1.807) is 6.08 Å². The molecule has 24 heavy (non-hydrogen) atoms. The van der Waals surface area contributed by atoms with Gasteiger partial charge in [-0.3, -0.25) is 0 Å². The molecule has 1 heterocycles. The zero-order valence-corrected chi connectivity index (χ0v) is 14.2. The Morgan fingerprint density at radius 1 is 1.25 bits per heavy atom. The predicted molar refractivity (Wildman–Crippen MR) is 86.1 cm³/mol. The second-order valence-corrected chi connectivity index (χ2v) is 6.35. The molecule has 0 bridgehead atoms. The van der Waals surface area contributed by atoms with Gasteiger partial charge in [-0.05, 0) is 52.6 Å². The van der Waals surface area contributed by atoms with E-state index < -0.39 is 11.9 Å². The van der Waals surface area contributed by atoms with Crippen LogP contribution in [0.1, 0.15) is 42.6 Å². The number of fused-ring (bicyclic) bond motifs is 1. The van der Waals surface area contributed by atoms with E-state index in [9.17, 15) is 13.2 Å². The molecule has 0 spiro atoms. The lowest BCUT2D eigenvalue weighted by molar-refractivity contribution is -0.142. The van der Waals surface area contributed by atoms with Gasteiger partial charge in [-0.1, -0.05) is 6.08 Å². The van der Waals surface area contributed by atoms with E-state index in [1.165, 1.54) is 0 Å². The van der Waals surface area contributed by atoms with Crippen LogP contribution in [-0.4, -0.2) is 41.6 Å². The zero-order chi connectivity index (χ0) is 17.7. The summed E-state index contributed by atoms with van der Waals surface area (Å²) in [6.07, 6.45) is 0.881. The first-order valence-corrected chi connectivity index (χ1v) is 8.20. The molecule has 1 aromatic heterocycles. The summed E-state index contributed by atoms with van der Waals surface area (Å²) in [5.41, 5.74) is -0.128. The Balaban J connectivity index is 2.29. The van der Waals surface area contributed by atoms with Gasteiger partial charge in [-0.25, -0.2) is 0 Å². The van der Waals surface area contributed by atoms with Gasteiger partial charge in [-0.2, -0.15) is 23.1 Å². The molecular weight excluding hydrogens is 319 g/mol. The molecule has 0 unspecified atom stereocenters. The zero-order valence-electron chi connectivity index (χ0n) is 14.2. The number of aromatic nitrogens is 2. The Morgan fingerprint density at radius 2 is 1.96 bits per heavy atom. The van der Waals surface area contributed by atoms with E-state index in [2.05, 4.69) is 16.5 Å². The van der Waals surface area contributed by atoms with Gasteiger partial charge in [0.15, 0.2) is 5.69 Å². The van der Waals surface area contributed by atoms with E-state index in [0.29, 0.717) is 31.5 Å². The molecule has 0 aromatic carbocycles. The molecule has 1 aromatic rings. The molecule has 0 amide bonds. The number of halogens is 3. The molecule has 0 aliphatic heterocycles. The fourth-order valence-corrected chi connectivity index (χ4v) is 2.91. The van der Waals surface area contributed by atoms with Crippen molar-refractivity contribution in [3.8, 4) is 6.01 Å². The number of aryl methyl sites for hydroxylation is 1. The van der Waals surface area contributed by atoms with Gasteiger partial charge in [-0.15, -0.1) is 6.58 Å². The fraction of sp³-hybridized carbons (Fsp3) is 0.647. The van der Waals surface area contributed by atoms with Crippen LogP contribution >= 0.6 is 0 Å². The van der Waals surface area contributed by atoms with Crippen molar-refractivity contribution in [2.45, 2.75) is 50.8 Å². The number of hydrogen-bond acceptors (Lipinski definition) is 4. The highest BCUT2D eigenvalue weighted by molar-refractivity contribution is 5.31. The minimum absolute atomic E-state index is 0.168. The second kappa shape index (κ2) is 7.96. The van der Waals surface area contributed by atoms with Gasteiger partial charge < -0.3 is 9.64 Å². The van der Waals surface area contributed by atoms with Crippen molar-refractivity contribution in [3.63, 3.8) is 0 Å². The summed E-state index contributed by atoms with van der Waals surface area (Å²) < 4.78 is 45.7. The first-order chi connectivity index (χ1) is 11.3. The predicted octanol–water partition coefficient (Wildman–Crippen LogP) is 3.65. The van der Waals surface area contributed by atoms with Crippen LogP contribution in [0.15, 0.2) is 12.7 Å². The summed E-state index contributed by atoms with van der Waals surface area (Å²) in [4.78, 5) is 9.90. The van der Waals surface area contributed by atoms with E-state index in [4.69, 9.17) is 4.74 Å². The number of likely N-dealkylation sites (N-methyl/N-ethyl adjacent to an activating group) is 1. The van der Waals surface area contributed by atoms with Crippen molar-refractivity contribution in [3.05, 3.63) is 29.6 Å². The van der Waals surface area contributed by atoms with Crippen LogP contribution in [0.2, 0.25) is 0 Å². The normalized spacial score (nSPS) is 15.9. The maximum Gasteiger partial charge on any atom is 0.433 e. The van der Waals surface area contributed by atoms with Crippen molar-refractivity contribution >= 4 is 0 Å². The van der Waals surface area contributed by atoms with Gasteiger partial charge in [0.25, 0.3) is 0 Å². The molecule has 1 aliphatic carbocycles. The molecule has 0 saturated carbocycles. The standard InChI is InChI=1S/C17H24F3N3O/c1-4-5-8-12(11-23(2)3)24-16-21-14-10-7-6-9-13(14)15(22-16)17(18,19)20/h4,12H,1,5-11H2,2-3H3/t12-/m0/s1. The third-order valence-corrected chi connectivity index (χ3v) is 3.96. The molecule has 0 saturated heterocycles. The Bertz CT molecular complexity index is 573. The summed E-state index contributed by atoms with van der Waals surface area (Å²) in [5.74, 6) is 0. The first kappa shape index (κ1) is 18.7. The minimum atomic E-state index is -4.49. The summed E-state index contributed by atoms with van der Waals surface area (Å²) in [7, 11) is 3.78.